The number of hydrogen-bond acceptors (Lipinski definition) is 6. The quantitative estimate of drug-likeness (QED) is 0.614. The number of likely N-dealkylation sites (N-methyl/N-ethyl adjacent to an activating group) is 1. The summed E-state index contributed by atoms with van der Waals surface area (Å²) >= 11 is 1.49. The number of anilines is 1. The van der Waals surface area contributed by atoms with Gasteiger partial charge >= 0.3 is 0 Å². The zero-order valence-corrected chi connectivity index (χ0v) is 19.2. The van der Waals surface area contributed by atoms with Crippen LogP contribution in [0.15, 0.2) is 47.5 Å². The minimum atomic E-state index is -0.269. The van der Waals surface area contributed by atoms with Gasteiger partial charge in [-0.05, 0) is 63.0 Å². The molecule has 0 aliphatic carbocycles. The van der Waals surface area contributed by atoms with E-state index in [1.165, 1.54) is 16.2 Å². The highest BCUT2D eigenvalue weighted by Gasteiger charge is 2.43. The van der Waals surface area contributed by atoms with Crippen LogP contribution >= 0.6 is 11.3 Å². The number of piperidine rings is 1. The Hall–Kier alpha value is -2.64. The molecular formula is C24H29N3O3S. The van der Waals surface area contributed by atoms with Crippen LogP contribution in [0, 0.1) is 0 Å². The van der Waals surface area contributed by atoms with Gasteiger partial charge in [-0.25, -0.2) is 4.90 Å². The third-order valence-electron chi connectivity index (χ3n) is 5.96. The molecule has 2 aliphatic heterocycles. The van der Waals surface area contributed by atoms with Gasteiger partial charge in [-0.15, -0.1) is 11.3 Å². The first-order valence-corrected chi connectivity index (χ1v) is 11.7. The second-order valence-corrected chi connectivity index (χ2v) is 9.09. The Morgan fingerprint density at radius 3 is 2.58 bits per heavy atom. The van der Waals surface area contributed by atoms with E-state index in [9.17, 15) is 9.59 Å². The maximum atomic E-state index is 13.7. The Morgan fingerprint density at radius 2 is 1.90 bits per heavy atom. The lowest BCUT2D eigenvalue weighted by atomic mass is 10.0. The van der Waals surface area contributed by atoms with Crippen LogP contribution in [0.3, 0.4) is 0 Å². The van der Waals surface area contributed by atoms with Crippen LogP contribution in [0.5, 0.6) is 5.75 Å². The van der Waals surface area contributed by atoms with Crippen LogP contribution in [0.4, 0.5) is 5.69 Å². The Bertz CT molecular complexity index is 978. The normalized spacial score (nSPS) is 18.2. The molecule has 0 N–H and O–H groups in total. The van der Waals surface area contributed by atoms with Crippen LogP contribution in [0.25, 0.3) is 5.57 Å². The molecule has 2 amide bonds. The summed E-state index contributed by atoms with van der Waals surface area (Å²) in [6.45, 7) is 4.60. The Labute approximate surface area is 187 Å². The zero-order chi connectivity index (χ0) is 22.0. The molecule has 4 rings (SSSR count). The van der Waals surface area contributed by atoms with Gasteiger partial charge in [0.25, 0.3) is 11.8 Å². The maximum absolute atomic E-state index is 13.7. The van der Waals surface area contributed by atoms with E-state index < -0.39 is 0 Å². The molecule has 31 heavy (non-hydrogen) atoms. The lowest BCUT2D eigenvalue weighted by Gasteiger charge is -2.36. The molecule has 2 aromatic rings. The lowest BCUT2D eigenvalue weighted by Crippen LogP contribution is -2.43. The van der Waals surface area contributed by atoms with Gasteiger partial charge < -0.3 is 14.5 Å². The molecule has 0 unspecified atom stereocenters. The highest BCUT2D eigenvalue weighted by atomic mass is 32.1. The number of thiophene rings is 1. The van der Waals surface area contributed by atoms with Gasteiger partial charge in [-0.2, -0.15) is 0 Å². The summed E-state index contributed by atoms with van der Waals surface area (Å²) in [5.41, 5.74) is 1.55. The predicted octanol–water partition coefficient (Wildman–Crippen LogP) is 3.85. The highest BCUT2D eigenvalue weighted by Crippen LogP contribution is 2.38. The maximum Gasteiger partial charge on any atom is 0.282 e. The summed E-state index contributed by atoms with van der Waals surface area (Å²) in [6, 6.07) is 11.3. The van der Waals surface area contributed by atoms with Gasteiger partial charge in [0.15, 0.2) is 0 Å². The number of likely N-dealkylation sites (tertiary alicyclic amines) is 1. The second kappa shape index (κ2) is 9.24. The van der Waals surface area contributed by atoms with E-state index >= 15 is 0 Å². The van der Waals surface area contributed by atoms with Crippen LogP contribution in [0.1, 0.15) is 31.1 Å². The number of hydrogen-bond donors (Lipinski definition) is 0. The standard InChI is InChI=1S/C24H29N3O3S/c1-4-14-30-19-8-5-7-18(16-19)27-23(28)21(20-9-6-15-31-20)22(24(27)29)26(3)17-10-12-25(2)13-11-17/h5-9,15-17H,4,10-14H2,1-3H3. The minimum absolute atomic E-state index is 0.233. The van der Waals surface area contributed by atoms with Crippen molar-refractivity contribution < 1.29 is 14.3 Å². The number of imide groups is 1. The van der Waals surface area contributed by atoms with Gasteiger partial charge in [0.05, 0.1) is 17.9 Å². The fourth-order valence-electron chi connectivity index (χ4n) is 4.22. The second-order valence-electron chi connectivity index (χ2n) is 8.14. The van der Waals surface area contributed by atoms with Gasteiger partial charge in [0.1, 0.15) is 11.4 Å². The van der Waals surface area contributed by atoms with Crippen molar-refractivity contribution in [3.8, 4) is 5.75 Å². The van der Waals surface area contributed by atoms with E-state index in [0.717, 1.165) is 37.2 Å². The molecule has 1 aromatic heterocycles. The molecule has 0 spiro atoms. The van der Waals surface area contributed by atoms with E-state index in [4.69, 9.17) is 4.74 Å². The molecule has 7 heteroatoms. The van der Waals surface area contributed by atoms with E-state index in [0.29, 0.717) is 29.3 Å². The topological polar surface area (TPSA) is 53.1 Å². The third kappa shape index (κ3) is 4.25. The SMILES string of the molecule is CCCOc1cccc(N2C(=O)C(c3cccs3)=C(N(C)C3CCN(C)CC3)C2=O)c1. The van der Waals surface area contributed by atoms with Crippen molar-refractivity contribution >= 4 is 34.4 Å². The van der Waals surface area contributed by atoms with Gasteiger partial charge in [-0.1, -0.05) is 19.1 Å². The molecule has 3 heterocycles. The average Bonchev–Trinajstić information content (AvgIpc) is 3.38. The first-order chi connectivity index (χ1) is 15.0. The summed E-state index contributed by atoms with van der Waals surface area (Å²) in [6.07, 6.45) is 2.83. The van der Waals surface area contributed by atoms with Gasteiger partial charge in [-0.3, -0.25) is 9.59 Å². The van der Waals surface area contributed by atoms with Crippen molar-refractivity contribution in [2.24, 2.45) is 0 Å². The van der Waals surface area contributed by atoms with Gasteiger partial charge in [0, 0.05) is 24.0 Å². The van der Waals surface area contributed by atoms with Crippen molar-refractivity contribution in [2.75, 3.05) is 38.7 Å². The van der Waals surface area contributed by atoms with Crippen LogP contribution in [0.2, 0.25) is 0 Å². The Morgan fingerprint density at radius 1 is 1.13 bits per heavy atom. The number of rotatable bonds is 7. The molecule has 6 nitrogen and oxygen atoms in total. The summed E-state index contributed by atoms with van der Waals surface area (Å²) in [7, 11) is 4.07. The molecule has 0 radical (unpaired) electrons. The number of amides is 2. The molecule has 164 valence electrons. The molecule has 0 bridgehead atoms. The first kappa shape index (κ1) is 21.6. The Kier molecular flexibility index (Phi) is 6.43. The molecule has 1 aromatic carbocycles. The van der Waals surface area contributed by atoms with Crippen LogP contribution in [-0.4, -0.2) is 61.4 Å². The smallest absolute Gasteiger partial charge is 0.282 e. The molecule has 2 aliphatic rings. The van der Waals surface area contributed by atoms with E-state index in [2.05, 4.69) is 11.9 Å². The molecule has 0 saturated carbocycles. The van der Waals surface area contributed by atoms with E-state index in [1.807, 2.05) is 48.5 Å². The van der Waals surface area contributed by atoms with Crippen molar-refractivity contribution in [3.05, 3.63) is 52.4 Å². The van der Waals surface area contributed by atoms with Gasteiger partial charge in [0.2, 0.25) is 0 Å². The molecule has 1 saturated heterocycles. The fourth-order valence-corrected chi connectivity index (χ4v) is 4.98. The average molecular weight is 440 g/mol. The number of carbonyl (C=O) groups excluding carboxylic acids is 2. The number of carbonyl (C=O) groups is 2. The summed E-state index contributed by atoms with van der Waals surface area (Å²) < 4.78 is 5.73. The van der Waals surface area contributed by atoms with Crippen LogP contribution in [-0.2, 0) is 9.59 Å². The summed E-state index contributed by atoms with van der Waals surface area (Å²) in [5.74, 6) is 0.132. The molecule has 1 fully saturated rings. The third-order valence-corrected chi connectivity index (χ3v) is 6.85. The van der Waals surface area contributed by atoms with Crippen molar-refractivity contribution in [2.45, 2.75) is 32.2 Å². The Balaban J connectivity index is 1.70. The summed E-state index contributed by atoms with van der Waals surface area (Å²) in [4.78, 5) is 33.7. The zero-order valence-electron chi connectivity index (χ0n) is 18.3. The van der Waals surface area contributed by atoms with Crippen LogP contribution < -0.4 is 9.64 Å². The van der Waals surface area contributed by atoms with E-state index in [-0.39, 0.29) is 17.9 Å². The number of benzene rings is 1. The minimum Gasteiger partial charge on any atom is -0.494 e. The van der Waals surface area contributed by atoms with Crippen molar-refractivity contribution in [3.63, 3.8) is 0 Å². The fraction of sp³-hybridized carbons (Fsp3) is 0.417. The first-order valence-electron chi connectivity index (χ1n) is 10.8. The highest BCUT2D eigenvalue weighted by molar-refractivity contribution is 7.11. The molecule has 0 atom stereocenters. The monoisotopic (exact) mass is 439 g/mol. The lowest BCUT2D eigenvalue weighted by molar-refractivity contribution is -0.120. The van der Waals surface area contributed by atoms with Crippen molar-refractivity contribution in [1.82, 2.24) is 9.80 Å². The molecular weight excluding hydrogens is 410 g/mol. The summed E-state index contributed by atoms with van der Waals surface area (Å²) in [5, 5.41) is 1.94. The van der Waals surface area contributed by atoms with E-state index in [1.54, 1.807) is 12.1 Å². The number of ether oxygens (including phenoxy) is 1. The number of nitrogens with zero attached hydrogens (tertiary/aromatic N) is 3. The van der Waals surface area contributed by atoms with Crippen molar-refractivity contribution in [1.29, 1.82) is 0 Å². The predicted molar refractivity (Wildman–Crippen MR) is 124 cm³/mol. The largest absolute Gasteiger partial charge is 0.494 e.